The first kappa shape index (κ1) is 31.5. The molecule has 57 heavy (non-hydrogen) atoms. The molecule has 0 aliphatic rings. The predicted octanol–water partition coefficient (Wildman–Crippen LogP) is 13.0. The molecule has 0 saturated carbocycles. The Bertz CT molecular complexity index is 3470. The Kier molecular flexibility index (Phi) is 6.83. The van der Waals surface area contributed by atoms with Crippen LogP contribution >= 0.6 is 0 Å². The Hall–Kier alpha value is -7.83. The van der Waals surface area contributed by atoms with Crippen LogP contribution in [0.4, 0.5) is 0 Å². The van der Waals surface area contributed by atoms with Gasteiger partial charge in [0.25, 0.3) is 0 Å². The second kappa shape index (κ2) is 12.3. The molecule has 4 heterocycles. The number of benzene rings is 8. The second-order valence-electron chi connectivity index (χ2n) is 14.4. The fourth-order valence-electron chi connectivity index (χ4n) is 8.62. The van der Waals surface area contributed by atoms with Gasteiger partial charge in [-0.3, -0.25) is 4.57 Å². The van der Waals surface area contributed by atoms with Crippen molar-refractivity contribution in [1.82, 2.24) is 24.1 Å². The monoisotopic (exact) mass is 729 g/mol. The summed E-state index contributed by atoms with van der Waals surface area (Å²) in [5, 5.41) is 6.72. The predicted molar refractivity (Wildman–Crippen MR) is 232 cm³/mol. The summed E-state index contributed by atoms with van der Waals surface area (Å²) in [4.78, 5) is 15.5. The van der Waals surface area contributed by atoms with Crippen molar-refractivity contribution in [2.45, 2.75) is 0 Å². The van der Waals surface area contributed by atoms with Crippen molar-refractivity contribution in [3.05, 3.63) is 188 Å². The van der Waals surface area contributed by atoms with Gasteiger partial charge < -0.3 is 8.98 Å². The van der Waals surface area contributed by atoms with Crippen molar-refractivity contribution in [1.29, 1.82) is 0 Å². The molecule has 6 nitrogen and oxygen atoms in total. The first-order valence-corrected chi connectivity index (χ1v) is 19.1. The molecular weight excluding hydrogens is 699 g/mol. The number of hydrogen-bond acceptors (Lipinski definition) is 4. The Morgan fingerprint density at radius 2 is 0.895 bits per heavy atom. The lowest BCUT2D eigenvalue weighted by Gasteiger charge is -2.12. The maximum Gasteiger partial charge on any atom is 0.238 e. The summed E-state index contributed by atoms with van der Waals surface area (Å²) in [6, 6.07) is 65.6. The van der Waals surface area contributed by atoms with Crippen molar-refractivity contribution in [3.63, 3.8) is 0 Å². The van der Waals surface area contributed by atoms with Crippen LogP contribution in [0.25, 0.3) is 111 Å². The van der Waals surface area contributed by atoms with Crippen LogP contribution in [0.5, 0.6) is 0 Å². The van der Waals surface area contributed by atoms with Gasteiger partial charge >= 0.3 is 0 Å². The molecule has 0 unspecified atom stereocenters. The van der Waals surface area contributed by atoms with Crippen LogP contribution in [0.3, 0.4) is 0 Å². The summed E-state index contributed by atoms with van der Waals surface area (Å²) >= 11 is 0. The Morgan fingerprint density at radius 1 is 0.333 bits per heavy atom. The molecule has 12 rings (SSSR count). The summed E-state index contributed by atoms with van der Waals surface area (Å²) in [6.07, 6.45) is 0. The molecule has 6 heteroatoms. The van der Waals surface area contributed by atoms with E-state index in [0.29, 0.717) is 17.6 Å². The average Bonchev–Trinajstić information content (AvgIpc) is 3.94. The molecule has 12 aromatic rings. The molecular formula is C51H31N5O. The van der Waals surface area contributed by atoms with Gasteiger partial charge in [-0.25, -0.2) is 4.98 Å². The lowest BCUT2D eigenvalue weighted by Crippen LogP contribution is -2.06. The lowest BCUT2D eigenvalue weighted by atomic mass is 10.0. The number of fused-ring (bicyclic) bond motifs is 9. The molecule has 0 N–H and O–H groups in total. The molecule has 0 atom stereocenters. The lowest BCUT2D eigenvalue weighted by molar-refractivity contribution is 0.669. The summed E-state index contributed by atoms with van der Waals surface area (Å²) in [5.41, 5.74) is 11.1. The van der Waals surface area contributed by atoms with E-state index in [4.69, 9.17) is 19.4 Å². The smallest absolute Gasteiger partial charge is 0.238 e. The number of hydrogen-bond donors (Lipinski definition) is 0. The van der Waals surface area contributed by atoms with Crippen molar-refractivity contribution in [2.75, 3.05) is 0 Å². The maximum atomic E-state index is 6.60. The highest BCUT2D eigenvalue weighted by Crippen LogP contribution is 2.41. The Labute approximate surface area is 326 Å². The molecule has 0 aliphatic heterocycles. The molecule has 0 bridgehead atoms. The van der Waals surface area contributed by atoms with Gasteiger partial charge in [0, 0.05) is 38.1 Å². The fraction of sp³-hybridized carbons (Fsp3) is 0. The molecule has 0 fully saturated rings. The Morgan fingerprint density at radius 3 is 1.58 bits per heavy atom. The standard InChI is InChI=1S/C51H31N5O/c1-3-14-32(15-4-1)34-26-28-39-38-20-7-10-21-41(38)55(45(39)31-34)44-24-13-25-47-48(44)40-30-35(27-29-46(40)57-47)50-52-49(33-16-5-2-6-17-33)53-51(54-50)56-42-22-11-8-18-36(42)37-19-9-12-23-43(37)56/h1-31H. The quantitative estimate of drug-likeness (QED) is 0.177. The van der Waals surface area contributed by atoms with Crippen molar-refractivity contribution in [3.8, 4) is 45.5 Å². The fourth-order valence-corrected chi connectivity index (χ4v) is 8.62. The number of nitrogens with zero attached hydrogens (tertiary/aromatic N) is 5. The van der Waals surface area contributed by atoms with E-state index in [1.165, 1.54) is 21.9 Å². The number of rotatable bonds is 5. The number of aromatic nitrogens is 5. The van der Waals surface area contributed by atoms with Gasteiger partial charge in [0.05, 0.1) is 33.1 Å². The highest BCUT2D eigenvalue weighted by Gasteiger charge is 2.21. The number of furan rings is 1. The SMILES string of the molecule is c1ccc(-c2ccc3c4ccccc4n(-c4cccc5oc6ccc(-c7nc(-c8ccccc8)nc(-n8c9ccccc9c9ccccc98)n7)cc6c45)c3c2)cc1. The average molecular weight is 730 g/mol. The highest BCUT2D eigenvalue weighted by molar-refractivity contribution is 6.15. The molecule has 0 amide bonds. The topological polar surface area (TPSA) is 61.7 Å². The van der Waals surface area contributed by atoms with Crippen LogP contribution < -0.4 is 0 Å². The molecule has 0 saturated heterocycles. The third-order valence-electron chi connectivity index (χ3n) is 11.2. The summed E-state index contributed by atoms with van der Waals surface area (Å²) < 4.78 is 11.1. The van der Waals surface area contributed by atoms with E-state index in [0.717, 1.165) is 71.6 Å². The summed E-state index contributed by atoms with van der Waals surface area (Å²) in [5.74, 6) is 1.75. The van der Waals surface area contributed by atoms with E-state index >= 15 is 0 Å². The van der Waals surface area contributed by atoms with Gasteiger partial charge in [0.2, 0.25) is 5.95 Å². The van der Waals surface area contributed by atoms with E-state index < -0.39 is 0 Å². The summed E-state index contributed by atoms with van der Waals surface area (Å²) in [7, 11) is 0. The maximum absolute atomic E-state index is 6.60. The molecule has 0 radical (unpaired) electrons. The third kappa shape index (κ3) is 4.87. The van der Waals surface area contributed by atoms with Crippen molar-refractivity contribution >= 4 is 65.6 Å². The number of para-hydroxylation sites is 3. The van der Waals surface area contributed by atoms with E-state index in [-0.39, 0.29) is 0 Å². The van der Waals surface area contributed by atoms with Crippen molar-refractivity contribution < 1.29 is 4.42 Å². The minimum Gasteiger partial charge on any atom is -0.456 e. The Balaban J connectivity index is 1.11. The van der Waals surface area contributed by atoms with Gasteiger partial charge in [-0.15, -0.1) is 0 Å². The van der Waals surface area contributed by atoms with Gasteiger partial charge in [0.1, 0.15) is 11.2 Å². The minimum absolute atomic E-state index is 0.564. The zero-order chi connectivity index (χ0) is 37.5. The highest BCUT2D eigenvalue weighted by atomic mass is 16.3. The zero-order valence-electron chi connectivity index (χ0n) is 30.5. The molecule has 0 aliphatic carbocycles. The third-order valence-corrected chi connectivity index (χ3v) is 11.2. The molecule has 4 aromatic heterocycles. The van der Waals surface area contributed by atoms with Crippen LogP contribution in [0.2, 0.25) is 0 Å². The van der Waals surface area contributed by atoms with E-state index in [9.17, 15) is 0 Å². The van der Waals surface area contributed by atoms with Crippen LogP contribution in [-0.4, -0.2) is 24.1 Å². The molecule has 266 valence electrons. The van der Waals surface area contributed by atoms with E-state index in [2.05, 4.69) is 161 Å². The summed E-state index contributed by atoms with van der Waals surface area (Å²) in [6.45, 7) is 0. The van der Waals surface area contributed by atoms with Gasteiger partial charge in [-0.2, -0.15) is 9.97 Å². The van der Waals surface area contributed by atoms with Crippen LogP contribution in [0.15, 0.2) is 192 Å². The largest absolute Gasteiger partial charge is 0.456 e. The van der Waals surface area contributed by atoms with Gasteiger partial charge in [0.15, 0.2) is 11.6 Å². The van der Waals surface area contributed by atoms with Gasteiger partial charge in [-0.1, -0.05) is 133 Å². The second-order valence-corrected chi connectivity index (χ2v) is 14.4. The molecule has 8 aromatic carbocycles. The first-order valence-electron chi connectivity index (χ1n) is 19.1. The van der Waals surface area contributed by atoms with E-state index in [1.807, 2.05) is 36.4 Å². The van der Waals surface area contributed by atoms with Gasteiger partial charge in [-0.05, 0) is 65.7 Å². The van der Waals surface area contributed by atoms with Crippen LogP contribution in [-0.2, 0) is 0 Å². The van der Waals surface area contributed by atoms with Crippen LogP contribution in [0.1, 0.15) is 0 Å². The normalized spacial score (nSPS) is 11.9. The molecule has 0 spiro atoms. The van der Waals surface area contributed by atoms with Crippen molar-refractivity contribution in [2.24, 2.45) is 0 Å². The zero-order valence-corrected chi connectivity index (χ0v) is 30.5. The van der Waals surface area contributed by atoms with Crippen LogP contribution in [0, 0.1) is 0 Å². The van der Waals surface area contributed by atoms with E-state index in [1.54, 1.807) is 0 Å². The minimum atomic E-state index is 0.564. The first-order chi connectivity index (χ1) is 28.3.